The van der Waals surface area contributed by atoms with Crippen LogP contribution in [0.2, 0.25) is 0 Å². The minimum atomic E-state index is 0.469. The number of nitrogens with one attached hydrogen (secondary N) is 1. The molecule has 1 aromatic heterocycles. The number of rotatable bonds is 3. The number of aromatic nitrogens is 1. The first-order chi connectivity index (χ1) is 8.22. The molecule has 1 N–H and O–H groups in total. The van der Waals surface area contributed by atoms with Crippen molar-refractivity contribution in [3.8, 4) is 0 Å². The van der Waals surface area contributed by atoms with Gasteiger partial charge in [-0.05, 0) is 45.4 Å². The predicted octanol–water partition coefficient (Wildman–Crippen LogP) is 2.21. The fraction of sp³-hybridized carbons (Fsp3) is 0.643. The second-order valence-corrected chi connectivity index (χ2v) is 5.06. The normalized spacial score (nSPS) is 27.9. The Morgan fingerprint density at radius 2 is 2.35 bits per heavy atom. The molecular formula is C14H23N3. The molecule has 0 radical (unpaired) electrons. The highest BCUT2D eigenvalue weighted by Crippen LogP contribution is 2.27. The number of likely N-dealkylation sites (tertiary alicyclic amines) is 1. The van der Waals surface area contributed by atoms with Crippen molar-refractivity contribution in [2.75, 3.05) is 13.6 Å². The minimum Gasteiger partial charge on any atom is -0.317 e. The molecule has 17 heavy (non-hydrogen) atoms. The summed E-state index contributed by atoms with van der Waals surface area (Å²) in [5.41, 5.74) is 1.32. The topological polar surface area (TPSA) is 28.2 Å². The van der Waals surface area contributed by atoms with Gasteiger partial charge in [0.1, 0.15) is 0 Å². The van der Waals surface area contributed by atoms with Gasteiger partial charge in [-0.3, -0.25) is 9.88 Å². The third-order valence-electron chi connectivity index (χ3n) is 4.00. The summed E-state index contributed by atoms with van der Waals surface area (Å²) in [6, 6.07) is 5.99. The Morgan fingerprint density at radius 3 is 2.94 bits per heavy atom. The molecular weight excluding hydrogens is 210 g/mol. The predicted molar refractivity (Wildman–Crippen MR) is 70.9 cm³/mol. The van der Waals surface area contributed by atoms with Crippen molar-refractivity contribution in [2.45, 2.75) is 44.8 Å². The molecule has 0 aromatic carbocycles. The molecule has 1 aliphatic rings. The van der Waals surface area contributed by atoms with Gasteiger partial charge in [0, 0.05) is 37.1 Å². The molecule has 94 valence electrons. The van der Waals surface area contributed by atoms with Crippen molar-refractivity contribution < 1.29 is 0 Å². The average molecular weight is 233 g/mol. The molecule has 0 spiro atoms. The molecule has 1 aromatic rings. The summed E-state index contributed by atoms with van der Waals surface area (Å²) in [5.74, 6) is 0. The molecule has 0 aliphatic carbocycles. The highest BCUT2D eigenvalue weighted by molar-refractivity contribution is 5.13. The van der Waals surface area contributed by atoms with Crippen LogP contribution in [0.4, 0.5) is 0 Å². The van der Waals surface area contributed by atoms with Crippen LogP contribution in [0.5, 0.6) is 0 Å². The van der Waals surface area contributed by atoms with Crippen molar-refractivity contribution in [1.82, 2.24) is 15.2 Å². The summed E-state index contributed by atoms with van der Waals surface area (Å²) >= 11 is 0. The van der Waals surface area contributed by atoms with Crippen molar-refractivity contribution >= 4 is 0 Å². The van der Waals surface area contributed by atoms with Crippen LogP contribution in [-0.4, -0.2) is 35.6 Å². The molecule has 0 saturated carbocycles. The van der Waals surface area contributed by atoms with Gasteiger partial charge >= 0.3 is 0 Å². The number of hydrogen-bond donors (Lipinski definition) is 1. The number of nitrogens with zero attached hydrogens (tertiary/aromatic N) is 2. The lowest BCUT2D eigenvalue weighted by molar-refractivity contribution is 0.0973. The number of hydrogen-bond acceptors (Lipinski definition) is 3. The largest absolute Gasteiger partial charge is 0.317 e. The van der Waals surface area contributed by atoms with Crippen LogP contribution in [0.25, 0.3) is 0 Å². The molecule has 0 amide bonds. The van der Waals surface area contributed by atoms with Crippen LogP contribution in [0.1, 0.15) is 38.3 Å². The Hall–Kier alpha value is -0.930. The first-order valence-electron chi connectivity index (χ1n) is 6.55. The third kappa shape index (κ3) is 2.85. The zero-order valence-corrected chi connectivity index (χ0v) is 11.1. The van der Waals surface area contributed by atoms with E-state index < -0.39 is 0 Å². The Bertz CT molecular complexity index is 339. The summed E-state index contributed by atoms with van der Waals surface area (Å²) in [7, 11) is 2.07. The molecule has 2 rings (SSSR count). The van der Waals surface area contributed by atoms with Crippen LogP contribution in [0, 0.1) is 0 Å². The van der Waals surface area contributed by atoms with Gasteiger partial charge in [0.2, 0.25) is 0 Å². The first kappa shape index (κ1) is 12.5. The van der Waals surface area contributed by atoms with E-state index in [4.69, 9.17) is 0 Å². The Kier molecular flexibility index (Phi) is 4.13. The standard InChI is InChI=1S/C14H23N3/c1-11-9-14(15-3)6-8-17(11)12(2)13-5-4-7-16-10-13/h4-5,7,10-12,14-15H,6,8-9H2,1-3H3. The molecule has 3 nitrogen and oxygen atoms in total. The fourth-order valence-electron chi connectivity index (χ4n) is 2.84. The van der Waals surface area contributed by atoms with E-state index in [2.05, 4.69) is 42.2 Å². The fourth-order valence-corrected chi connectivity index (χ4v) is 2.84. The van der Waals surface area contributed by atoms with E-state index in [0.717, 1.165) is 0 Å². The number of piperidine rings is 1. The summed E-state index contributed by atoms with van der Waals surface area (Å²) in [6.45, 7) is 5.78. The second-order valence-electron chi connectivity index (χ2n) is 5.06. The van der Waals surface area contributed by atoms with Crippen LogP contribution in [0.3, 0.4) is 0 Å². The Morgan fingerprint density at radius 1 is 1.53 bits per heavy atom. The highest BCUT2D eigenvalue weighted by atomic mass is 15.2. The lowest BCUT2D eigenvalue weighted by Gasteiger charge is -2.41. The van der Waals surface area contributed by atoms with Crippen LogP contribution in [-0.2, 0) is 0 Å². The van der Waals surface area contributed by atoms with E-state index in [1.54, 1.807) is 0 Å². The van der Waals surface area contributed by atoms with E-state index in [0.29, 0.717) is 18.1 Å². The van der Waals surface area contributed by atoms with Gasteiger partial charge < -0.3 is 5.32 Å². The van der Waals surface area contributed by atoms with Crippen molar-refractivity contribution in [2.24, 2.45) is 0 Å². The summed E-state index contributed by atoms with van der Waals surface area (Å²) in [4.78, 5) is 6.81. The van der Waals surface area contributed by atoms with Crippen molar-refractivity contribution in [3.05, 3.63) is 30.1 Å². The van der Waals surface area contributed by atoms with E-state index in [9.17, 15) is 0 Å². The smallest absolute Gasteiger partial charge is 0.0337 e. The van der Waals surface area contributed by atoms with E-state index in [1.807, 2.05) is 18.5 Å². The molecule has 3 heteroatoms. The van der Waals surface area contributed by atoms with Gasteiger partial charge in [0.05, 0.1) is 0 Å². The van der Waals surface area contributed by atoms with Gasteiger partial charge in [0.25, 0.3) is 0 Å². The zero-order chi connectivity index (χ0) is 12.3. The molecule has 2 heterocycles. The second kappa shape index (κ2) is 5.61. The quantitative estimate of drug-likeness (QED) is 0.867. The SMILES string of the molecule is CNC1CCN(C(C)c2cccnc2)C(C)C1. The van der Waals surface area contributed by atoms with Gasteiger partial charge in [-0.2, -0.15) is 0 Å². The minimum absolute atomic E-state index is 0.469. The highest BCUT2D eigenvalue weighted by Gasteiger charge is 2.28. The Balaban J connectivity index is 2.03. The summed E-state index contributed by atoms with van der Waals surface area (Å²) in [5, 5.41) is 3.39. The van der Waals surface area contributed by atoms with Gasteiger partial charge in [-0.1, -0.05) is 6.07 Å². The summed E-state index contributed by atoms with van der Waals surface area (Å²) in [6.07, 6.45) is 6.31. The van der Waals surface area contributed by atoms with Crippen molar-refractivity contribution in [3.63, 3.8) is 0 Å². The maximum Gasteiger partial charge on any atom is 0.0337 e. The summed E-state index contributed by atoms with van der Waals surface area (Å²) < 4.78 is 0. The Labute approximate surface area is 104 Å². The number of pyridine rings is 1. The van der Waals surface area contributed by atoms with Crippen LogP contribution in [0.15, 0.2) is 24.5 Å². The van der Waals surface area contributed by atoms with Gasteiger partial charge in [-0.25, -0.2) is 0 Å². The van der Waals surface area contributed by atoms with Gasteiger partial charge in [0.15, 0.2) is 0 Å². The lowest BCUT2D eigenvalue weighted by atomic mass is 9.95. The molecule has 1 fully saturated rings. The van der Waals surface area contributed by atoms with E-state index >= 15 is 0 Å². The van der Waals surface area contributed by atoms with E-state index in [-0.39, 0.29) is 0 Å². The monoisotopic (exact) mass is 233 g/mol. The third-order valence-corrected chi connectivity index (χ3v) is 4.00. The molecule has 0 bridgehead atoms. The average Bonchev–Trinajstić information content (AvgIpc) is 2.39. The maximum absolute atomic E-state index is 4.22. The maximum atomic E-state index is 4.22. The zero-order valence-electron chi connectivity index (χ0n) is 11.1. The van der Waals surface area contributed by atoms with Crippen molar-refractivity contribution in [1.29, 1.82) is 0 Å². The van der Waals surface area contributed by atoms with Crippen LogP contribution >= 0.6 is 0 Å². The van der Waals surface area contributed by atoms with E-state index in [1.165, 1.54) is 24.9 Å². The molecule has 1 aliphatic heterocycles. The van der Waals surface area contributed by atoms with Gasteiger partial charge in [-0.15, -0.1) is 0 Å². The molecule has 3 atom stereocenters. The lowest BCUT2D eigenvalue weighted by Crippen LogP contribution is -2.47. The van der Waals surface area contributed by atoms with Crippen LogP contribution < -0.4 is 5.32 Å². The molecule has 1 saturated heterocycles. The first-order valence-corrected chi connectivity index (χ1v) is 6.55. The molecule has 3 unspecified atom stereocenters.